The van der Waals surface area contributed by atoms with Crippen molar-refractivity contribution in [2.75, 3.05) is 11.9 Å². The standard InChI is InChI=1S/C15H21BrN2O2/c1-10-2-4-11(5-3-10)6-7-17-14-13(15(19)20)8-12(16)9-18-14/h8-11H,2-7H2,1H3,(H,17,18)(H,19,20). The van der Waals surface area contributed by atoms with E-state index >= 15 is 0 Å². The summed E-state index contributed by atoms with van der Waals surface area (Å²) in [6.45, 7) is 3.10. The van der Waals surface area contributed by atoms with Crippen molar-refractivity contribution < 1.29 is 9.90 Å². The van der Waals surface area contributed by atoms with Crippen molar-refractivity contribution in [2.24, 2.45) is 11.8 Å². The van der Waals surface area contributed by atoms with E-state index in [0.717, 1.165) is 24.8 Å². The van der Waals surface area contributed by atoms with Crippen LogP contribution in [0, 0.1) is 11.8 Å². The molecule has 0 bridgehead atoms. The Hall–Kier alpha value is -1.10. The fraction of sp³-hybridized carbons (Fsp3) is 0.600. The van der Waals surface area contributed by atoms with Crippen molar-refractivity contribution >= 4 is 27.7 Å². The van der Waals surface area contributed by atoms with Gasteiger partial charge in [0.1, 0.15) is 11.4 Å². The Morgan fingerprint density at radius 1 is 1.45 bits per heavy atom. The second kappa shape index (κ2) is 7.07. The van der Waals surface area contributed by atoms with Crippen molar-refractivity contribution in [1.29, 1.82) is 0 Å². The molecule has 0 atom stereocenters. The minimum Gasteiger partial charge on any atom is -0.478 e. The zero-order valence-electron chi connectivity index (χ0n) is 11.7. The maximum absolute atomic E-state index is 11.2. The molecule has 20 heavy (non-hydrogen) atoms. The van der Waals surface area contributed by atoms with Gasteiger partial charge in [-0.3, -0.25) is 0 Å². The molecule has 1 heterocycles. The summed E-state index contributed by atoms with van der Waals surface area (Å²) in [7, 11) is 0. The summed E-state index contributed by atoms with van der Waals surface area (Å²) in [5, 5.41) is 12.3. The van der Waals surface area contributed by atoms with Crippen LogP contribution in [0.1, 0.15) is 49.4 Å². The molecule has 0 radical (unpaired) electrons. The van der Waals surface area contributed by atoms with Crippen molar-refractivity contribution in [3.05, 3.63) is 22.3 Å². The van der Waals surface area contributed by atoms with E-state index in [1.165, 1.54) is 25.7 Å². The fourth-order valence-corrected chi connectivity index (χ4v) is 3.09. The van der Waals surface area contributed by atoms with Crippen molar-refractivity contribution in [3.63, 3.8) is 0 Å². The fourth-order valence-electron chi connectivity index (χ4n) is 2.76. The number of nitrogens with zero attached hydrogens (tertiary/aromatic N) is 1. The number of carbonyl (C=O) groups is 1. The zero-order valence-corrected chi connectivity index (χ0v) is 13.3. The highest BCUT2D eigenvalue weighted by Crippen LogP contribution is 2.30. The number of pyridine rings is 1. The monoisotopic (exact) mass is 340 g/mol. The van der Waals surface area contributed by atoms with Crippen LogP contribution in [0.3, 0.4) is 0 Å². The Kier molecular flexibility index (Phi) is 5.40. The van der Waals surface area contributed by atoms with Crippen molar-refractivity contribution in [2.45, 2.75) is 39.0 Å². The molecule has 0 aliphatic heterocycles. The molecule has 4 nitrogen and oxygen atoms in total. The summed E-state index contributed by atoms with van der Waals surface area (Å²) in [6, 6.07) is 1.58. The van der Waals surface area contributed by atoms with Crippen molar-refractivity contribution in [3.8, 4) is 0 Å². The lowest BCUT2D eigenvalue weighted by atomic mass is 9.81. The molecule has 1 saturated carbocycles. The van der Waals surface area contributed by atoms with Gasteiger partial charge in [0.15, 0.2) is 0 Å². The Morgan fingerprint density at radius 3 is 2.80 bits per heavy atom. The SMILES string of the molecule is CC1CCC(CCNc2ncc(Br)cc2C(=O)O)CC1. The first-order valence-electron chi connectivity index (χ1n) is 7.19. The highest BCUT2D eigenvalue weighted by atomic mass is 79.9. The molecule has 0 unspecified atom stereocenters. The van der Waals surface area contributed by atoms with Gasteiger partial charge in [0, 0.05) is 17.2 Å². The predicted octanol–water partition coefficient (Wildman–Crippen LogP) is 4.17. The molecule has 1 aromatic heterocycles. The third-order valence-corrected chi connectivity index (χ3v) is 4.50. The molecule has 1 aliphatic carbocycles. The van der Waals surface area contributed by atoms with E-state index in [9.17, 15) is 4.79 Å². The smallest absolute Gasteiger partial charge is 0.339 e. The lowest BCUT2D eigenvalue weighted by Gasteiger charge is -2.26. The average molecular weight is 341 g/mol. The number of hydrogen-bond donors (Lipinski definition) is 2. The summed E-state index contributed by atoms with van der Waals surface area (Å²) in [4.78, 5) is 15.3. The van der Waals surface area contributed by atoms with Crippen LogP contribution in [0.5, 0.6) is 0 Å². The van der Waals surface area contributed by atoms with E-state index in [1.807, 2.05) is 0 Å². The number of anilines is 1. The van der Waals surface area contributed by atoms with E-state index in [2.05, 4.69) is 33.2 Å². The topological polar surface area (TPSA) is 62.2 Å². The molecular weight excluding hydrogens is 320 g/mol. The average Bonchev–Trinajstić information content (AvgIpc) is 2.42. The van der Waals surface area contributed by atoms with Crippen molar-refractivity contribution in [1.82, 2.24) is 4.98 Å². The molecule has 0 spiro atoms. The molecule has 1 aromatic rings. The first-order valence-corrected chi connectivity index (χ1v) is 7.98. The second-order valence-electron chi connectivity index (χ2n) is 5.70. The molecular formula is C15H21BrN2O2. The van der Waals surface area contributed by atoms with E-state index in [1.54, 1.807) is 12.3 Å². The van der Waals surface area contributed by atoms with Gasteiger partial charge in [0.2, 0.25) is 0 Å². The predicted molar refractivity (Wildman–Crippen MR) is 83.1 cm³/mol. The van der Waals surface area contributed by atoms with Crippen LogP contribution >= 0.6 is 15.9 Å². The van der Waals surface area contributed by atoms with Crippen LogP contribution in [0.15, 0.2) is 16.7 Å². The summed E-state index contributed by atoms with van der Waals surface area (Å²) in [5.41, 5.74) is 0.219. The van der Waals surface area contributed by atoms with Gasteiger partial charge in [0.05, 0.1) is 0 Å². The number of halogens is 1. The minimum atomic E-state index is -0.951. The highest BCUT2D eigenvalue weighted by molar-refractivity contribution is 9.10. The van der Waals surface area contributed by atoms with Crippen LogP contribution in [0.2, 0.25) is 0 Å². The second-order valence-corrected chi connectivity index (χ2v) is 6.61. The maximum atomic E-state index is 11.2. The van der Waals surface area contributed by atoms with Gasteiger partial charge in [-0.05, 0) is 40.3 Å². The molecule has 0 saturated heterocycles. The largest absolute Gasteiger partial charge is 0.478 e. The maximum Gasteiger partial charge on any atom is 0.339 e. The molecule has 1 aliphatic rings. The van der Waals surface area contributed by atoms with Gasteiger partial charge < -0.3 is 10.4 Å². The van der Waals surface area contributed by atoms with Crippen LogP contribution < -0.4 is 5.32 Å². The zero-order chi connectivity index (χ0) is 14.5. The van der Waals surface area contributed by atoms with Crippen LogP contribution in [0.4, 0.5) is 5.82 Å². The van der Waals surface area contributed by atoms with Crippen LogP contribution in [0.25, 0.3) is 0 Å². The summed E-state index contributed by atoms with van der Waals surface area (Å²) < 4.78 is 0.682. The molecule has 0 amide bonds. The van der Waals surface area contributed by atoms with Gasteiger partial charge in [0.25, 0.3) is 0 Å². The number of rotatable bonds is 5. The normalized spacial score (nSPS) is 22.5. The van der Waals surface area contributed by atoms with E-state index in [4.69, 9.17) is 5.11 Å². The van der Waals surface area contributed by atoms with E-state index in [0.29, 0.717) is 10.3 Å². The first kappa shape index (κ1) is 15.3. The Morgan fingerprint density at radius 2 is 2.15 bits per heavy atom. The molecule has 2 N–H and O–H groups in total. The van der Waals surface area contributed by atoms with Gasteiger partial charge in [-0.2, -0.15) is 0 Å². The summed E-state index contributed by atoms with van der Waals surface area (Å²) in [5.74, 6) is 1.14. The number of aromatic carboxylic acids is 1. The van der Waals surface area contributed by atoms with Gasteiger partial charge >= 0.3 is 5.97 Å². The summed E-state index contributed by atoms with van der Waals surface area (Å²) >= 11 is 3.25. The number of carboxylic acids is 1. The Balaban J connectivity index is 1.86. The number of carboxylic acid groups (broad SMARTS) is 1. The van der Waals surface area contributed by atoms with E-state index < -0.39 is 5.97 Å². The van der Waals surface area contributed by atoms with Crippen LogP contribution in [-0.4, -0.2) is 22.6 Å². The Labute approximate surface area is 128 Å². The quantitative estimate of drug-likeness (QED) is 0.844. The third-order valence-electron chi connectivity index (χ3n) is 4.07. The molecule has 0 aromatic carbocycles. The van der Waals surface area contributed by atoms with E-state index in [-0.39, 0.29) is 5.56 Å². The third kappa shape index (κ3) is 4.20. The molecule has 110 valence electrons. The van der Waals surface area contributed by atoms with Gasteiger partial charge in [-0.1, -0.05) is 32.6 Å². The molecule has 1 fully saturated rings. The Bertz CT molecular complexity index is 471. The van der Waals surface area contributed by atoms with Crippen LogP contribution in [-0.2, 0) is 0 Å². The molecule has 2 rings (SSSR count). The first-order chi connectivity index (χ1) is 9.56. The molecule has 5 heteroatoms. The van der Waals surface area contributed by atoms with Gasteiger partial charge in [-0.15, -0.1) is 0 Å². The minimum absolute atomic E-state index is 0.219. The highest BCUT2D eigenvalue weighted by Gasteiger charge is 2.18. The number of hydrogen-bond acceptors (Lipinski definition) is 3. The lowest BCUT2D eigenvalue weighted by Crippen LogP contribution is -2.17. The van der Waals surface area contributed by atoms with Gasteiger partial charge in [-0.25, -0.2) is 9.78 Å². The number of nitrogens with one attached hydrogen (secondary N) is 1. The lowest BCUT2D eigenvalue weighted by molar-refractivity contribution is 0.0697. The summed E-state index contributed by atoms with van der Waals surface area (Å²) in [6.07, 6.45) is 7.94. The number of aromatic nitrogens is 1.